The molecule has 0 radical (unpaired) electrons. The van der Waals surface area contributed by atoms with Crippen LogP contribution in [-0.2, 0) is 0 Å². The summed E-state index contributed by atoms with van der Waals surface area (Å²) >= 11 is 3.80. The highest BCUT2D eigenvalue weighted by molar-refractivity contribution is 7.80. The number of hydrogen-bond acceptors (Lipinski definition) is 3. The highest BCUT2D eigenvalue weighted by atomic mass is 32.1. The second-order valence-electron chi connectivity index (χ2n) is 3.06. The van der Waals surface area contributed by atoms with Crippen molar-refractivity contribution in [2.45, 2.75) is 13.3 Å². The second kappa shape index (κ2) is 15.5. The lowest BCUT2D eigenvalue weighted by Crippen LogP contribution is -1.93. The van der Waals surface area contributed by atoms with Gasteiger partial charge in [0.25, 0.3) is 0 Å². The fraction of sp³-hybridized carbons (Fsp3) is 0.267. The molecule has 0 saturated carbocycles. The van der Waals surface area contributed by atoms with Crippen LogP contribution in [0.4, 0.5) is 5.82 Å². The number of thiol groups is 1. The second-order valence-corrected chi connectivity index (χ2v) is 3.43. The van der Waals surface area contributed by atoms with Crippen molar-refractivity contribution in [3.63, 3.8) is 0 Å². The van der Waals surface area contributed by atoms with E-state index in [4.69, 9.17) is 0 Å². The Kier molecular flexibility index (Phi) is 16.3. The Bertz CT molecular complexity index is 327. The van der Waals surface area contributed by atoms with Gasteiger partial charge in [-0.05, 0) is 18.6 Å². The summed E-state index contributed by atoms with van der Waals surface area (Å²) in [6, 6.07) is 3.85. The standard InChI is InChI=1S/C8H10N2.C4H8.C3H6S/c1-3-7-5-4-6-10-8(7)9-2;1-3-4-2;1-2-3-4/h3-6H,1H2,2H3,(H,9,10);3H,1,4H2,2H3;2,4H,1,3H2. The van der Waals surface area contributed by atoms with Crippen molar-refractivity contribution in [2.75, 3.05) is 18.1 Å². The molecule has 18 heavy (non-hydrogen) atoms. The number of nitrogens with one attached hydrogen (secondary N) is 1. The first-order valence-corrected chi connectivity index (χ1v) is 6.42. The minimum absolute atomic E-state index is 0.778. The average molecular weight is 264 g/mol. The largest absolute Gasteiger partial charge is 0.373 e. The average Bonchev–Trinajstić information content (AvgIpc) is 2.47. The van der Waals surface area contributed by atoms with E-state index in [9.17, 15) is 0 Å². The molecule has 0 amide bonds. The van der Waals surface area contributed by atoms with Crippen LogP contribution in [0.1, 0.15) is 18.9 Å². The highest BCUT2D eigenvalue weighted by Crippen LogP contribution is 2.10. The summed E-state index contributed by atoms with van der Waals surface area (Å²) in [6.45, 7) is 12.6. The number of anilines is 1. The van der Waals surface area contributed by atoms with Gasteiger partial charge in [0.2, 0.25) is 0 Å². The molecule has 0 bridgehead atoms. The predicted molar refractivity (Wildman–Crippen MR) is 88.4 cm³/mol. The summed E-state index contributed by atoms with van der Waals surface area (Å²) in [4.78, 5) is 4.09. The van der Waals surface area contributed by atoms with Crippen molar-refractivity contribution in [3.8, 4) is 0 Å². The molecular weight excluding hydrogens is 240 g/mol. The van der Waals surface area contributed by atoms with Gasteiger partial charge in [0, 0.05) is 24.6 Å². The highest BCUT2D eigenvalue weighted by Gasteiger charge is 1.92. The van der Waals surface area contributed by atoms with E-state index in [-0.39, 0.29) is 0 Å². The van der Waals surface area contributed by atoms with Crippen molar-refractivity contribution >= 4 is 24.5 Å². The molecule has 1 rings (SSSR count). The van der Waals surface area contributed by atoms with E-state index in [1.54, 1.807) is 18.3 Å². The molecule has 100 valence electrons. The fourth-order valence-corrected chi connectivity index (χ4v) is 0.791. The summed E-state index contributed by atoms with van der Waals surface area (Å²) in [7, 11) is 1.84. The predicted octanol–water partition coefficient (Wildman–Crippen LogP) is 4.45. The van der Waals surface area contributed by atoms with Gasteiger partial charge in [0.05, 0.1) is 0 Å². The third-order valence-electron chi connectivity index (χ3n) is 1.71. The van der Waals surface area contributed by atoms with Crippen LogP contribution in [-0.4, -0.2) is 17.8 Å². The van der Waals surface area contributed by atoms with Crippen LogP contribution in [0.15, 0.2) is 50.2 Å². The Morgan fingerprint density at radius 2 is 1.89 bits per heavy atom. The van der Waals surface area contributed by atoms with Crippen LogP contribution in [0.25, 0.3) is 6.08 Å². The molecule has 1 aromatic rings. The first-order valence-electron chi connectivity index (χ1n) is 5.79. The van der Waals surface area contributed by atoms with E-state index in [0.29, 0.717) is 0 Å². The number of pyridine rings is 1. The lowest BCUT2D eigenvalue weighted by Gasteiger charge is -2.00. The maximum atomic E-state index is 4.09. The Labute approximate surface area is 117 Å². The molecule has 0 saturated heterocycles. The summed E-state index contributed by atoms with van der Waals surface area (Å²) < 4.78 is 0. The zero-order valence-corrected chi connectivity index (χ0v) is 12.3. The van der Waals surface area contributed by atoms with Gasteiger partial charge in [-0.2, -0.15) is 12.6 Å². The van der Waals surface area contributed by atoms with E-state index < -0.39 is 0 Å². The van der Waals surface area contributed by atoms with E-state index in [1.807, 2.05) is 25.3 Å². The number of nitrogens with zero attached hydrogens (tertiary/aromatic N) is 1. The first kappa shape index (κ1) is 18.9. The van der Waals surface area contributed by atoms with Crippen LogP contribution >= 0.6 is 12.6 Å². The molecule has 0 aliphatic carbocycles. The van der Waals surface area contributed by atoms with Gasteiger partial charge in [0.1, 0.15) is 5.82 Å². The molecule has 0 atom stereocenters. The van der Waals surface area contributed by atoms with Crippen LogP contribution in [0.3, 0.4) is 0 Å². The number of allylic oxidation sites excluding steroid dienone is 1. The van der Waals surface area contributed by atoms with Crippen molar-refractivity contribution < 1.29 is 0 Å². The van der Waals surface area contributed by atoms with Crippen molar-refractivity contribution in [2.24, 2.45) is 0 Å². The van der Waals surface area contributed by atoms with E-state index >= 15 is 0 Å². The van der Waals surface area contributed by atoms with Gasteiger partial charge in [-0.25, -0.2) is 4.98 Å². The molecule has 1 N–H and O–H groups in total. The molecule has 3 heteroatoms. The van der Waals surface area contributed by atoms with E-state index in [1.165, 1.54) is 0 Å². The molecule has 1 aromatic heterocycles. The summed E-state index contributed by atoms with van der Waals surface area (Å²) in [5.74, 6) is 1.65. The maximum absolute atomic E-state index is 4.09. The van der Waals surface area contributed by atoms with Gasteiger partial charge in [-0.1, -0.05) is 31.7 Å². The molecule has 0 aliphatic rings. The fourth-order valence-electron chi connectivity index (χ4n) is 0.791. The number of rotatable bonds is 4. The Hall–Kier alpha value is -1.48. The van der Waals surface area contributed by atoms with Crippen LogP contribution in [0, 0.1) is 0 Å². The first-order chi connectivity index (χ1) is 8.71. The summed E-state index contributed by atoms with van der Waals surface area (Å²) in [6.07, 6.45) is 8.22. The van der Waals surface area contributed by atoms with Gasteiger partial charge in [-0.15, -0.1) is 13.2 Å². The molecule has 0 aromatic carbocycles. The van der Waals surface area contributed by atoms with Gasteiger partial charge in [0.15, 0.2) is 0 Å². The summed E-state index contributed by atoms with van der Waals surface area (Å²) in [5, 5.41) is 2.96. The van der Waals surface area contributed by atoms with E-state index in [2.05, 4.69) is 49.6 Å². The quantitative estimate of drug-likeness (QED) is 0.620. The molecule has 0 unspecified atom stereocenters. The van der Waals surface area contributed by atoms with Crippen LogP contribution in [0.2, 0.25) is 0 Å². The number of hydrogen-bond donors (Lipinski definition) is 2. The van der Waals surface area contributed by atoms with Crippen molar-refractivity contribution in [1.29, 1.82) is 0 Å². The summed E-state index contributed by atoms with van der Waals surface area (Å²) in [5.41, 5.74) is 1.03. The smallest absolute Gasteiger partial charge is 0.132 e. The minimum Gasteiger partial charge on any atom is -0.373 e. The van der Waals surface area contributed by atoms with Gasteiger partial charge < -0.3 is 5.32 Å². The molecule has 0 aliphatic heterocycles. The molecule has 2 nitrogen and oxygen atoms in total. The molecule has 0 fully saturated rings. The third kappa shape index (κ3) is 11.0. The van der Waals surface area contributed by atoms with Crippen LogP contribution < -0.4 is 5.32 Å². The SMILES string of the molecule is C=CCC.C=CCS.C=Cc1cccnc1NC. The zero-order valence-electron chi connectivity index (χ0n) is 11.4. The van der Waals surface area contributed by atoms with Gasteiger partial charge in [-0.3, -0.25) is 0 Å². The molecule has 1 heterocycles. The zero-order chi connectivity index (χ0) is 14.2. The monoisotopic (exact) mass is 264 g/mol. The Morgan fingerprint density at radius 3 is 2.17 bits per heavy atom. The number of aromatic nitrogens is 1. The molecular formula is C15H24N2S. The van der Waals surface area contributed by atoms with Crippen LogP contribution in [0.5, 0.6) is 0 Å². The Morgan fingerprint density at radius 1 is 1.33 bits per heavy atom. The topological polar surface area (TPSA) is 24.9 Å². The lowest BCUT2D eigenvalue weighted by atomic mass is 10.2. The van der Waals surface area contributed by atoms with E-state index in [0.717, 1.165) is 23.6 Å². The van der Waals surface area contributed by atoms with Crippen molar-refractivity contribution in [1.82, 2.24) is 4.98 Å². The Balaban J connectivity index is 0. The van der Waals surface area contributed by atoms with Gasteiger partial charge >= 0.3 is 0 Å². The minimum atomic E-state index is 0.778. The normalized spacial score (nSPS) is 7.72. The third-order valence-corrected chi connectivity index (χ3v) is 1.97. The van der Waals surface area contributed by atoms with Crippen molar-refractivity contribution in [3.05, 3.63) is 55.8 Å². The lowest BCUT2D eigenvalue weighted by molar-refractivity contribution is 1.23. The maximum Gasteiger partial charge on any atom is 0.132 e. The molecule has 0 spiro atoms.